The first-order valence-electron chi connectivity index (χ1n) is 11.1. The van der Waals surface area contributed by atoms with Gasteiger partial charge in [0.15, 0.2) is 16.4 Å². The summed E-state index contributed by atoms with van der Waals surface area (Å²) in [6, 6.07) is -1.03. The van der Waals surface area contributed by atoms with Crippen molar-refractivity contribution in [2.45, 2.75) is 30.9 Å². The lowest BCUT2D eigenvalue weighted by molar-refractivity contribution is -0.835. The molecule has 0 spiro atoms. The van der Waals surface area contributed by atoms with Crippen LogP contribution in [0.1, 0.15) is 19.5 Å². The highest BCUT2D eigenvalue weighted by molar-refractivity contribution is 8.00. The molecule has 37 heavy (non-hydrogen) atoms. The monoisotopic (exact) mass is 548 g/mol. The van der Waals surface area contributed by atoms with Crippen LogP contribution in [0.2, 0.25) is 0 Å². The number of nitrogens with zero attached hydrogens (tertiary/aromatic N) is 3. The van der Waals surface area contributed by atoms with Crippen LogP contribution in [-0.2, 0) is 24.0 Å². The van der Waals surface area contributed by atoms with E-state index in [-0.39, 0.29) is 16.5 Å². The van der Waals surface area contributed by atoms with E-state index in [1.54, 1.807) is 0 Å². The van der Waals surface area contributed by atoms with Gasteiger partial charge in [-0.05, 0) is 26.0 Å². The molecule has 0 radical (unpaired) electrons. The maximum absolute atomic E-state index is 13.1. The van der Waals surface area contributed by atoms with Crippen LogP contribution in [0.5, 0.6) is 0 Å². The lowest BCUT2D eigenvalue weighted by Crippen LogP contribution is -3.08. The van der Waals surface area contributed by atoms with Crippen molar-refractivity contribution in [2.24, 2.45) is 5.16 Å². The molecule has 1 aromatic heterocycles. The van der Waals surface area contributed by atoms with E-state index in [9.17, 15) is 29.4 Å². The molecule has 1 saturated heterocycles. The number of carbonyl (C=O) groups is 4. The van der Waals surface area contributed by atoms with Gasteiger partial charge in [-0.2, -0.15) is 0 Å². The number of β-lactam (4-membered cyclic amide) rings is 1. The summed E-state index contributed by atoms with van der Waals surface area (Å²) in [6.45, 7) is 3.51. The molecular formula is C22H24N6O7S2. The number of thioether (sulfide) groups is 1. The first kappa shape index (κ1) is 26.4. The number of nitrogen functional groups attached to an aromatic ring is 1. The van der Waals surface area contributed by atoms with E-state index in [0.29, 0.717) is 24.4 Å². The second kappa shape index (κ2) is 10.4. The Labute approximate surface area is 219 Å². The number of aromatic nitrogens is 1. The minimum absolute atomic E-state index is 0.0223. The van der Waals surface area contributed by atoms with Crippen LogP contribution in [0.15, 0.2) is 46.2 Å². The lowest BCUT2D eigenvalue weighted by Gasteiger charge is -2.49. The quantitative estimate of drug-likeness (QED) is 0.148. The number of amides is 2. The Bertz CT molecular complexity index is 1270. The van der Waals surface area contributed by atoms with Gasteiger partial charge in [0.2, 0.25) is 0 Å². The topological polar surface area (TPSA) is 192 Å². The zero-order valence-electron chi connectivity index (χ0n) is 19.8. The van der Waals surface area contributed by atoms with Crippen molar-refractivity contribution in [3.63, 3.8) is 0 Å². The van der Waals surface area contributed by atoms with Crippen molar-refractivity contribution < 1.29 is 39.1 Å². The molecule has 0 saturated carbocycles. The van der Waals surface area contributed by atoms with E-state index in [1.807, 2.05) is 24.4 Å². The molecule has 15 heteroatoms. The highest BCUT2D eigenvalue weighted by atomic mass is 32.2. The zero-order valence-corrected chi connectivity index (χ0v) is 21.4. The Morgan fingerprint density at radius 1 is 1.41 bits per heavy atom. The summed E-state index contributed by atoms with van der Waals surface area (Å²) < 4.78 is 0. The average Bonchev–Trinajstić information content (AvgIpc) is 3.28. The number of quaternary nitrogens is 1. The highest BCUT2D eigenvalue weighted by Crippen LogP contribution is 2.40. The molecule has 3 aliphatic heterocycles. The number of carbonyl (C=O) groups excluding carboxylic acids is 3. The molecule has 4 rings (SSSR count). The first-order chi connectivity index (χ1) is 17.5. The van der Waals surface area contributed by atoms with Gasteiger partial charge >= 0.3 is 5.97 Å². The number of hydrogen-bond donors (Lipinski definition) is 4. The molecule has 0 aromatic carbocycles. The first-order valence-corrected chi connectivity index (χ1v) is 13.0. The SMILES string of the molecule is CC(C)(O/N=C(/C(=O)N[C@@H]1C(=O)N2C(C(=O)O)=C(C[NH+]3C=CC=CC3)CS[C@H]12)c1csc(N)n1)C(=O)[O-]. The smallest absolute Gasteiger partial charge is 0.352 e. The summed E-state index contributed by atoms with van der Waals surface area (Å²) in [5.74, 6) is -3.85. The van der Waals surface area contributed by atoms with Gasteiger partial charge in [-0.15, -0.1) is 23.1 Å². The molecule has 3 aliphatic rings. The Hall–Kier alpha value is -3.69. The fourth-order valence-corrected chi connectivity index (χ4v) is 5.68. The van der Waals surface area contributed by atoms with Gasteiger partial charge < -0.3 is 35.8 Å². The number of hydrogen-bond acceptors (Lipinski definition) is 11. The summed E-state index contributed by atoms with van der Waals surface area (Å²) in [5.41, 5.74) is 3.99. The molecule has 5 N–H and O–H groups in total. The van der Waals surface area contributed by atoms with Gasteiger partial charge in [0.25, 0.3) is 11.8 Å². The van der Waals surface area contributed by atoms with Crippen molar-refractivity contribution in [3.8, 4) is 0 Å². The molecule has 196 valence electrons. The minimum atomic E-state index is -1.85. The van der Waals surface area contributed by atoms with Crippen LogP contribution in [0.3, 0.4) is 0 Å². The van der Waals surface area contributed by atoms with Crippen LogP contribution in [0.25, 0.3) is 0 Å². The number of nitrogens with two attached hydrogens (primary N) is 1. The number of rotatable bonds is 9. The number of oxime groups is 1. The van der Waals surface area contributed by atoms with E-state index >= 15 is 0 Å². The van der Waals surface area contributed by atoms with Crippen LogP contribution < -0.4 is 21.1 Å². The van der Waals surface area contributed by atoms with Crippen molar-refractivity contribution in [3.05, 3.63) is 46.8 Å². The van der Waals surface area contributed by atoms with Crippen LogP contribution in [0.4, 0.5) is 5.13 Å². The third kappa shape index (κ3) is 5.38. The largest absolute Gasteiger partial charge is 0.546 e. The number of carboxylic acid groups (broad SMARTS) is 2. The molecule has 3 atom stereocenters. The van der Waals surface area contributed by atoms with E-state index in [0.717, 1.165) is 16.2 Å². The Morgan fingerprint density at radius 2 is 2.16 bits per heavy atom. The van der Waals surface area contributed by atoms with Gasteiger partial charge in [-0.25, -0.2) is 9.78 Å². The number of fused-ring (bicyclic) bond motifs is 1. The third-order valence-corrected chi connectivity index (χ3v) is 7.79. The molecule has 0 aliphatic carbocycles. The number of allylic oxidation sites excluding steroid dienone is 2. The number of aliphatic carboxylic acids is 2. The standard InChI is InChI=1S/C22H24N6O7S2/c1-22(2,20(33)34)35-26-13(12-10-37-21(23)24-12)16(29)25-14-17(30)28-15(19(31)32)11(9-36-18(14)28)8-27-6-4-3-5-7-27/h3-6,10,14,18H,7-9H2,1-2H3,(H2,23,24)(H,25,29)(H,31,32)(H,33,34)/b26-13+/t14-,18-/m1/s1. The summed E-state index contributed by atoms with van der Waals surface area (Å²) in [7, 11) is 0. The van der Waals surface area contributed by atoms with E-state index in [2.05, 4.69) is 15.5 Å². The van der Waals surface area contributed by atoms with Crippen LogP contribution >= 0.6 is 23.1 Å². The number of anilines is 1. The number of thiazole rings is 1. The Balaban J connectivity index is 1.53. The van der Waals surface area contributed by atoms with Gasteiger partial charge in [0, 0.05) is 16.7 Å². The molecule has 1 unspecified atom stereocenters. The lowest BCUT2D eigenvalue weighted by atomic mass is 10.0. The molecule has 13 nitrogen and oxygen atoms in total. The van der Waals surface area contributed by atoms with E-state index < -0.39 is 46.5 Å². The molecule has 1 fully saturated rings. The maximum Gasteiger partial charge on any atom is 0.352 e. The van der Waals surface area contributed by atoms with Gasteiger partial charge in [0.05, 0.1) is 12.2 Å². The van der Waals surface area contributed by atoms with Crippen LogP contribution in [-0.4, -0.2) is 80.3 Å². The second-order valence-corrected chi connectivity index (χ2v) is 10.8. The fourth-order valence-electron chi connectivity index (χ4n) is 3.79. The van der Waals surface area contributed by atoms with Crippen molar-refractivity contribution in [1.29, 1.82) is 0 Å². The second-order valence-electron chi connectivity index (χ2n) is 8.84. The van der Waals surface area contributed by atoms with E-state index in [4.69, 9.17) is 10.6 Å². The van der Waals surface area contributed by atoms with Gasteiger partial charge in [-0.3, -0.25) is 14.5 Å². The molecule has 0 bridgehead atoms. The molecule has 4 heterocycles. The van der Waals surface area contributed by atoms with Crippen molar-refractivity contribution in [1.82, 2.24) is 15.2 Å². The van der Waals surface area contributed by atoms with Crippen molar-refractivity contribution in [2.75, 3.05) is 24.6 Å². The number of carboxylic acids is 2. The average molecular weight is 549 g/mol. The van der Waals surface area contributed by atoms with E-state index in [1.165, 1.54) is 35.9 Å². The summed E-state index contributed by atoms with van der Waals surface area (Å²) in [4.78, 5) is 60.8. The Morgan fingerprint density at radius 3 is 2.76 bits per heavy atom. The zero-order chi connectivity index (χ0) is 26.9. The maximum atomic E-state index is 13.1. The number of nitrogens with one attached hydrogen (secondary N) is 2. The molecular weight excluding hydrogens is 524 g/mol. The fraction of sp³-hybridized carbons (Fsp3) is 0.364. The summed E-state index contributed by atoms with van der Waals surface area (Å²) >= 11 is 2.37. The molecule has 2 amide bonds. The minimum Gasteiger partial charge on any atom is -0.546 e. The normalized spacial score (nSPS) is 23.4. The summed E-state index contributed by atoms with van der Waals surface area (Å²) in [5, 5.41) is 28.3. The highest BCUT2D eigenvalue weighted by Gasteiger charge is 2.54. The van der Waals surface area contributed by atoms with Crippen LogP contribution in [0, 0.1) is 0 Å². The predicted octanol–water partition coefficient (Wildman–Crippen LogP) is -2.32. The van der Waals surface area contributed by atoms with Gasteiger partial charge in [0.1, 0.15) is 35.9 Å². The van der Waals surface area contributed by atoms with Crippen molar-refractivity contribution >= 4 is 57.7 Å². The van der Waals surface area contributed by atoms with Gasteiger partial charge in [-0.1, -0.05) is 11.2 Å². The molecule has 1 aromatic rings. The Kier molecular flexibility index (Phi) is 7.38. The third-order valence-electron chi connectivity index (χ3n) is 5.77. The summed E-state index contributed by atoms with van der Waals surface area (Å²) in [6.07, 6.45) is 7.70. The predicted molar refractivity (Wildman–Crippen MR) is 132 cm³/mol.